The molecule has 0 spiro atoms. The number of nitrogen functional groups attached to an aromatic ring is 1. The number of carbonyl (C=O) groups is 3. The minimum Gasteiger partial charge on any atom is -0.432 e. The number of fused-ring (bicyclic) bond motifs is 1. The molecule has 14 nitrogen and oxygen atoms in total. The number of ether oxygens (including phenoxy) is 7. The van der Waals surface area contributed by atoms with Gasteiger partial charge in [0.25, 0.3) is 0 Å². The molecule has 14 heteroatoms. The van der Waals surface area contributed by atoms with E-state index in [1.165, 1.54) is 18.0 Å². The van der Waals surface area contributed by atoms with Crippen LogP contribution in [-0.2, 0) is 33.2 Å². The van der Waals surface area contributed by atoms with Crippen molar-refractivity contribution in [1.29, 1.82) is 0 Å². The number of anilines is 1. The van der Waals surface area contributed by atoms with Crippen LogP contribution < -0.4 is 5.73 Å². The van der Waals surface area contributed by atoms with Crippen LogP contribution in [0.25, 0.3) is 5.52 Å². The quantitative estimate of drug-likeness (QED) is 0.334. The van der Waals surface area contributed by atoms with Gasteiger partial charge >= 0.3 is 18.5 Å². The first-order valence-electron chi connectivity index (χ1n) is 11.6. The van der Waals surface area contributed by atoms with E-state index in [-0.39, 0.29) is 11.5 Å². The molecule has 2 aromatic rings. The zero-order valence-corrected chi connectivity index (χ0v) is 21.9. The lowest BCUT2D eigenvalue weighted by atomic mass is 10.0. The summed E-state index contributed by atoms with van der Waals surface area (Å²) >= 11 is 0. The Labute approximate surface area is 214 Å². The van der Waals surface area contributed by atoms with E-state index < -0.39 is 61.7 Å². The average Bonchev–Trinajstić information content (AvgIpc) is 3.21. The Kier molecular flexibility index (Phi) is 10.7. The van der Waals surface area contributed by atoms with Gasteiger partial charge in [0.05, 0.1) is 24.0 Å². The molecule has 2 rings (SSSR count). The molecule has 37 heavy (non-hydrogen) atoms. The maximum atomic E-state index is 12.6. The van der Waals surface area contributed by atoms with Crippen molar-refractivity contribution in [2.45, 2.75) is 78.2 Å². The summed E-state index contributed by atoms with van der Waals surface area (Å²) in [6.07, 6.45) is -7.28. The van der Waals surface area contributed by atoms with Crippen molar-refractivity contribution in [2.24, 2.45) is 0 Å². The predicted molar refractivity (Wildman–Crippen MR) is 128 cm³/mol. The molecule has 0 bridgehead atoms. The average molecular weight is 527 g/mol. The Hall–Kier alpha value is -3.81. The molecule has 2 aromatic heterocycles. The van der Waals surface area contributed by atoms with Gasteiger partial charge in [0.15, 0.2) is 18.0 Å². The van der Waals surface area contributed by atoms with E-state index >= 15 is 0 Å². The first-order chi connectivity index (χ1) is 17.4. The Morgan fingerprint density at radius 3 is 2.00 bits per heavy atom. The molecular weight excluding hydrogens is 492 g/mol. The van der Waals surface area contributed by atoms with Gasteiger partial charge in [-0.15, -0.1) is 0 Å². The summed E-state index contributed by atoms with van der Waals surface area (Å²) in [6.45, 7) is 9.40. The molecule has 206 valence electrons. The van der Waals surface area contributed by atoms with Crippen LogP contribution in [0.2, 0.25) is 0 Å². The molecule has 0 aromatic carbocycles. The van der Waals surface area contributed by atoms with Gasteiger partial charge in [0, 0.05) is 7.11 Å². The van der Waals surface area contributed by atoms with Crippen molar-refractivity contribution in [2.75, 3.05) is 19.5 Å². The second-order valence-corrected chi connectivity index (χ2v) is 8.66. The highest BCUT2D eigenvalue weighted by atomic mass is 16.8. The van der Waals surface area contributed by atoms with E-state index in [0.717, 1.165) is 0 Å². The number of nitrogens with two attached hydrogens (primary N) is 1. The molecule has 0 aliphatic rings. The third-order valence-electron chi connectivity index (χ3n) is 4.59. The topological polar surface area (TPSA) is 172 Å². The monoisotopic (exact) mass is 526 g/mol. The van der Waals surface area contributed by atoms with E-state index in [9.17, 15) is 14.4 Å². The molecule has 0 saturated carbocycles. The van der Waals surface area contributed by atoms with Gasteiger partial charge in [0.2, 0.25) is 0 Å². The first-order valence-corrected chi connectivity index (χ1v) is 11.6. The van der Waals surface area contributed by atoms with E-state index in [2.05, 4.69) is 10.1 Å². The normalized spacial score (nSPS) is 13.8. The van der Waals surface area contributed by atoms with Gasteiger partial charge in [0.1, 0.15) is 24.6 Å². The molecule has 2 heterocycles. The standard InChI is InChI=1S/C23H34N4O10/c1-12(2)33-21(28)32-10-17(31-7)19(37-23(30)35-14(5)6)18(36-22(29)34-13(3)4)15-8-9-16-20(24)25-11-26-27(15)16/h8-9,11-14,17-19H,10H2,1-7H3,(H2,24,25,26)/t17?,18-,19+/m0/s1. The van der Waals surface area contributed by atoms with Crippen LogP contribution in [0.3, 0.4) is 0 Å². The van der Waals surface area contributed by atoms with Gasteiger partial charge in [-0.25, -0.2) is 23.9 Å². The molecular formula is C23H34N4O10. The van der Waals surface area contributed by atoms with Gasteiger partial charge in [-0.3, -0.25) is 0 Å². The van der Waals surface area contributed by atoms with Crippen molar-refractivity contribution in [3.8, 4) is 0 Å². The smallest absolute Gasteiger partial charge is 0.432 e. The van der Waals surface area contributed by atoms with E-state index in [1.807, 2.05) is 0 Å². The second-order valence-electron chi connectivity index (χ2n) is 8.66. The van der Waals surface area contributed by atoms with Crippen LogP contribution in [0.1, 0.15) is 53.3 Å². The fourth-order valence-corrected chi connectivity index (χ4v) is 3.15. The summed E-state index contributed by atoms with van der Waals surface area (Å²) in [5.41, 5.74) is 6.58. The van der Waals surface area contributed by atoms with Crippen molar-refractivity contribution in [3.05, 3.63) is 24.2 Å². The summed E-state index contributed by atoms with van der Waals surface area (Å²) in [7, 11) is 1.30. The van der Waals surface area contributed by atoms with Crippen molar-refractivity contribution in [1.82, 2.24) is 14.6 Å². The van der Waals surface area contributed by atoms with Crippen LogP contribution in [0.4, 0.5) is 20.2 Å². The fraction of sp³-hybridized carbons (Fsp3) is 0.609. The molecule has 0 amide bonds. The minimum absolute atomic E-state index is 0.157. The minimum atomic E-state index is -1.41. The molecule has 2 N–H and O–H groups in total. The largest absolute Gasteiger partial charge is 0.509 e. The number of rotatable bonds is 11. The molecule has 0 aliphatic heterocycles. The third-order valence-corrected chi connectivity index (χ3v) is 4.59. The van der Waals surface area contributed by atoms with Gasteiger partial charge in [-0.05, 0) is 53.7 Å². The Morgan fingerprint density at radius 2 is 1.43 bits per heavy atom. The van der Waals surface area contributed by atoms with E-state index in [0.29, 0.717) is 5.52 Å². The number of hydrogen-bond acceptors (Lipinski definition) is 13. The molecule has 0 fully saturated rings. The molecule has 0 radical (unpaired) electrons. The molecule has 0 saturated heterocycles. The SMILES string of the molecule is COC(COC(=O)OC(C)C)[C@@H](OC(=O)OC(C)C)[C@@H](OC(=O)OC(C)C)c1ccc2c(N)ncnn12. The lowest BCUT2D eigenvalue weighted by Crippen LogP contribution is -2.43. The van der Waals surface area contributed by atoms with Crippen molar-refractivity contribution >= 4 is 29.8 Å². The van der Waals surface area contributed by atoms with Gasteiger partial charge < -0.3 is 38.9 Å². The summed E-state index contributed by atoms with van der Waals surface area (Å²) in [4.78, 5) is 41.1. The molecule has 3 atom stereocenters. The van der Waals surface area contributed by atoms with Crippen LogP contribution in [0, 0.1) is 0 Å². The van der Waals surface area contributed by atoms with Crippen LogP contribution in [-0.4, -0.2) is 77.3 Å². The van der Waals surface area contributed by atoms with E-state index in [1.54, 1.807) is 53.7 Å². The Bertz CT molecular complexity index is 1060. The highest BCUT2D eigenvalue weighted by Crippen LogP contribution is 2.30. The fourth-order valence-electron chi connectivity index (χ4n) is 3.15. The lowest BCUT2D eigenvalue weighted by Gasteiger charge is -2.31. The molecule has 0 aliphatic carbocycles. The third kappa shape index (κ3) is 8.66. The Morgan fingerprint density at radius 1 is 0.865 bits per heavy atom. The molecule has 1 unspecified atom stereocenters. The number of methoxy groups -OCH3 is 1. The van der Waals surface area contributed by atoms with Gasteiger partial charge in [-0.1, -0.05) is 0 Å². The first kappa shape index (κ1) is 29.4. The zero-order valence-electron chi connectivity index (χ0n) is 21.9. The maximum absolute atomic E-state index is 12.6. The lowest BCUT2D eigenvalue weighted by molar-refractivity contribution is -0.129. The number of carbonyl (C=O) groups excluding carboxylic acids is 3. The highest BCUT2D eigenvalue weighted by Gasteiger charge is 2.41. The summed E-state index contributed by atoms with van der Waals surface area (Å²) in [5, 5.41) is 4.17. The van der Waals surface area contributed by atoms with Crippen molar-refractivity contribution < 1.29 is 47.5 Å². The highest BCUT2D eigenvalue weighted by molar-refractivity contribution is 5.66. The second kappa shape index (κ2) is 13.5. The maximum Gasteiger partial charge on any atom is 0.509 e. The van der Waals surface area contributed by atoms with Crippen LogP contribution in [0.15, 0.2) is 18.5 Å². The van der Waals surface area contributed by atoms with Crippen molar-refractivity contribution in [3.63, 3.8) is 0 Å². The Balaban J connectivity index is 2.53. The van der Waals surface area contributed by atoms with Crippen LogP contribution >= 0.6 is 0 Å². The summed E-state index contributed by atoms with van der Waals surface area (Å²) < 4.78 is 38.4. The van der Waals surface area contributed by atoms with E-state index in [4.69, 9.17) is 38.9 Å². The predicted octanol–water partition coefficient (Wildman–Crippen LogP) is 3.42. The summed E-state index contributed by atoms with van der Waals surface area (Å²) in [6, 6.07) is 3.15. The summed E-state index contributed by atoms with van der Waals surface area (Å²) in [5.74, 6) is 0.157. The van der Waals surface area contributed by atoms with Crippen LogP contribution in [0.5, 0.6) is 0 Å². The number of aromatic nitrogens is 3. The zero-order chi connectivity index (χ0) is 27.7. The van der Waals surface area contributed by atoms with Gasteiger partial charge in [-0.2, -0.15) is 5.10 Å². The number of hydrogen-bond donors (Lipinski definition) is 1. The number of nitrogens with zero attached hydrogens (tertiary/aromatic N) is 3.